The number of aromatic nitrogens is 1. The van der Waals surface area contributed by atoms with Crippen LogP contribution in [0.15, 0.2) is 10.7 Å². The molecule has 0 spiro atoms. The molecule has 1 heterocycles. The van der Waals surface area contributed by atoms with E-state index in [9.17, 15) is 0 Å². The molecular formula is C9H16N2O. The van der Waals surface area contributed by atoms with Crippen LogP contribution < -0.4 is 5.73 Å². The lowest BCUT2D eigenvalue weighted by Crippen LogP contribution is -2.17. The molecule has 0 aromatic carbocycles. The molecule has 0 radical (unpaired) electrons. The maximum Gasteiger partial charge on any atom is 0.194 e. The summed E-state index contributed by atoms with van der Waals surface area (Å²) in [5, 5.41) is 0. The molecular weight excluding hydrogens is 152 g/mol. The first kappa shape index (κ1) is 9.26. The Kier molecular flexibility index (Phi) is 3.29. The maximum atomic E-state index is 5.63. The topological polar surface area (TPSA) is 52.0 Å². The van der Waals surface area contributed by atoms with Gasteiger partial charge in [-0.25, -0.2) is 4.98 Å². The molecule has 1 atom stereocenters. The van der Waals surface area contributed by atoms with Gasteiger partial charge in [0, 0.05) is 18.9 Å². The number of aryl methyl sites for hydroxylation is 1. The molecule has 68 valence electrons. The molecule has 1 rings (SSSR count). The van der Waals surface area contributed by atoms with Gasteiger partial charge in [0.2, 0.25) is 0 Å². The van der Waals surface area contributed by atoms with Crippen molar-refractivity contribution < 1.29 is 4.42 Å². The summed E-state index contributed by atoms with van der Waals surface area (Å²) in [6, 6.07) is 0.157. The van der Waals surface area contributed by atoms with Crippen molar-refractivity contribution in [3.8, 4) is 0 Å². The smallest absolute Gasteiger partial charge is 0.194 e. The van der Waals surface area contributed by atoms with Crippen LogP contribution in [0.3, 0.4) is 0 Å². The molecule has 3 heteroatoms. The minimum atomic E-state index is 0.157. The zero-order valence-electron chi connectivity index (χ0n) is 7.71. The molecule has 0 aliphatic carbocycles. The van der Waals surface area contributed by atoms with Gasteiger partial charge >= 0.3 is 0 Å². The molecule has 0 fully saturated rings. The highest BCUT2D eigenvalue weighted by Crippen LogP contribution is 2.05. The Morgan fingerprint density at radius 3 is 3.00 bits per heavy atom. The molecule has 0 saturated heterocycles. The number of hydrogen-bond acceptors (Lipinski definition) is 3. The SMILES string of the molecule is CCCc1nc(CC(C)N)co1. The summed E-state index contributed by atoms with van der Waals surface area (Å²) in [5.74, 6) is 0.827. The molecule has 0 amide bonds. The quantitative estimate of drug-likeness (QED) is 0.741. The number of rotatable bonds is 4. The molecule has 1 aromatic rings. The molecule has 3 nitrogen and oxygen atoms in total. The largest absolute Gasteiger partial charge is 0.449 e. The van der Waals surface area contributed by atoms with E-state index in [1.165, 1.54) is 0 Å². The second-order valence-electron chi connectivity index (χ2n) is 3.16. The Balaban J connectivity index is 2.52. The maximum absolute atomic E-state index is 5.63. The van der Waals surface area contributed by atoms with E-state index in [1.807, 2.05) is 6.92 Å². The van der Waals surface area contributed by atoms with Gasteiger partial charge in [-0.05, 0) is 13.3 Å². The third kappa shape index (κ3) is 2.66. The Hall–Kier alpha value is -0.830. The zero-order chi connectivity index (χ0) is 8.97. The Labute approximate surface area is 73.0 Å². The molecule has 1 unspecified atom stereocenters. The van der Waals surface area contributed by atoms with Gasteiger partial charge in [-0.2, -0.15) is 0 Å². The Morgan fingerprint density at radius 1 is 1.67 bits per heavy atom. The first-order valence-corrected chi connectivity index (χ1v) is 4.41. The van der Waals surface area contributed by atoms with Gasteiger partial charge in [0.05, 0.1) is 5.69 Å². The van der Waals surface area contributed by atoms with Gasteiger partial charge < -0.3 is 10.2 Å². The van der Waals surface area contributed by atoms with Gasteiger partial charge in [0.1, 0.15) is 6.26 Å². The van der Waals surface area contributed by atoms with Gasteiger partial charge in [0.15, 0.2) is 5.89 Å². The van der Waals surface area contributed by atoms with Crippen molar-refractivity contribution in [2.24, 2.45) is 5.73 Å². The highest BCUT2D eigenvalue weighted by atomic mass is 16.3. The van der Waals surface area contributed by atoms with Crippen molar-refractivity contribution in [2.75, 3.05) is 0 Å². The van der Waals surface area contributed by atoms with Crippen LogP contribution in [0.1, 0.15) is 31.9 Å². The first-order valence-electron chi connectivity index (χ1n) is 4.41. The van der Waals surface area contributed by atoms with Gasteiger partial charge in [0.25, 0.3) is 0 Å². The van der Waals surface area contributed by atoms with Crippen LogP contribution in [0.2, 0.25) is 0 Å². The van der Waals surface area contributed by atoms with Crippen LogP contribution >= 0.6 is 0 Å². The minimum absolute atomic E-state index is 0.157. The Bertz CT molecular complexity index is 230. The van der Waals surface area contributed by atoms with Crippen molar-refractivity contribution in [2.45, 2.75) is 39.2 Å². The van der Waals surface area contributed by atoms with E-state index in [2.05, 4.69) is 11.9 Å². The molecule has 0 bridgehead atoms. The van der Waals surface area contributed by atoms with Gasteiger partial charge in [-0.3, -0.25) is 0 Å². The van der Waals surface area contributed by atoms with E-state index in [-0.39, 0.29) is 6.04 Å². The van der Waals surface area contributed by atoms with Crippen molar-refractivity contribution in [1.29, 1.82) is 0 Å². The predicted octanol–water partition coefficient (Wildman–Crippen LogP) is 1.52. The number of nitrogens with zero attached hydrogens (tertiary/aromatic N) is 1. The standard InChI is InChI=1S/C9H16N2O/c1-3-4-9-11-8(6-12-9)5-7(2)10/h6-7H,3-5,10H2,1-2H3. The van der Waals surface area contributed by atoms with Crippen molar-refractivity contribution >= 4 is 0 Å². The highest BCUT2D eigenvalue weighted by Gasteiger charge is 2.04. The van der Waals surface area contributed by atoms with Crippen molar-refractivity contribution in [1.82, 2.24) is 4.98 Å². The summed E-state index contributed by atoms with van der Waals surface area (Å²) in [6.45, 7) is 4.07. The third-order valence-electron chi connectivity index (χ3n) is 1.59. The fourth-order valence-electron chi connectivity index (χ4n) is 1.10. The fraction of sp³-hybridized carbons (Fsp3) is 0.667. The average Bonchev–Trinajstić information content (AvgIpc) is 2.36. The second-order valence-corrected chi connectivity index (χ2v) is 3.16. The number of hydrogen-bond donors (Lipinski definition) is 1. The minimum Gasteiger partial charge on any atom is -0.449 e. The van der Waals surface area contributed by atoms with E-state index in [0.29, 0.717) is 0 Å². The van der Waals surface area contributed by atoms with E-state index in [4.69, 9.17) is 10.2 Å². The molecule has 2 N–H and O–H groups in total. The van der Waals surface area contributed by atoms with Crippen LogP contribution in [0, 0.1) is 0 Å². The van der Waals surface area contributed by atoms with Crippen LogP contribution in [0.4, 0.5) is 0 Å². The van der Waals surface area contributed by atoms with Crippen molar-refractivity contribution in [3.05, 3.63) is 17.8 Å². The van der Waals surface area contributed by atoms with Crippen LogP contribution in [0.5, 0.6) is 0 Å². The number of oxazole rings is 1. The summed E-state index contributed by atoms with van der Waals surface area (Å²) in [4.78, 5) is 4.29. The Morgan fingerprint density at radius 2 is 2.42 bits per heavy atom. The molecule has 0 aliphatic heterocycles. The van der Waals surface area contributed by atoms with E-state index in [0.717, 1.165) is 30.8 Å². The fourth-order valence-corrected chi connectivity index (χ4v) is 1.10. The average molecular weight is 168 g/mol. The van der Waals surface area contributed by atoms with Gasteiger partial charge in [-0.1, -0.05) is 6.92 Å². The predicted molar refractivity (Wildman–Crippen MR) is 47.9 cm³/mol. The van der Waals surface area contributed by atoms with Crippen molar-refractivity contribution in [3.63, 3.8) is 0 Å². The van der Waals surface area contributed by atoms with E-state index < -0.39 is 0 Å². The lowest BCUT2D eigenvalue weighted by molar-refractivity contribution is 0.491. The van der Waals surface area contributed by atoms with Crippen LogP contribution in [-0.2, 0) is 12.8 Å². The lowest BCUT2D eigenvalue weighted by Gasteiger charge is -1.98. The van der Waals surface area contributed by atoms with E-state index in [1.54, 1.807) is 6.26 Å². The summed E-state index contributed by atoms with van der Waals surface area (Å²) in [6.07, 6.45) is 4.48. The van der Waals surface area contributed by atoms with Crippen LogP contribution in [0.25, 0.3) is 0 Å². The summed E-state index contributed by atoms with van der Waals surface area (Å²) >= 11 is 0. The molecule has 0 saturated carbocycles. The first-order chi connectivity index (χ1) is 5.72. The van der Waals surface area contributed by atoms with Crippen LogP contribution in [-0.4, -0.2) is 11.0 Å². The second kappa shape index (κ2) is 4.26. The zero-order valence-corrected chi connectivity index (χ0v) is 7.71. The van der Waals surface area contributed by atoms with E-state index >= 15 is 0 Å². The lowest BCUT2D eigenvalue weighted by atomic mass is 10.2. The third-order valence-corrected chi connectivity index (χ3v) is 1.59. The normalized spacial score (nSPS) is 13.2. The van der Waals surface area contributed by atoms with Gasteiger partial charge in [-0.15, -0.1) is 0 Å². The molecule has 12 heavy (non-hydrogen) atoms. The summed E-state index contributed by atoms with van der Waals surface area (Å²) in [7, 11) is 0. The highest BCUT2D eigenvalue weighted by molar-refractivity contribution is 4.98. The number of nitrogens with two attached hydrogens (primary N) is 1. The summed E-state index contributed by atoms with van der Waals surface area (Å²) in [5.41, 5.74) is 6.59. The monoisotopic (exact) mass is 168 g/mol. The molecule has 1 aromatic heterocycles. The summed E-state index contributed by atoms with van der Waals surface area (Å²) < 4.78 is 5.24. The molecule has 0 aliphatic rings.